The van der Waals surface area contributed by atoms with Gasteiger partial charge in [-0.05, 0) is 49.3 Å². The molecule has 0 radical (unpaired) electrons. The molecule has 1 saturated heterocycles. The molecule has 1 N–H and O–H groups in total. The first kappa shape index (κ1) is 15.4. The summed E-state index contributed by atoms with van der Waals surface area (Å²) in [6, 6.07) is 6.42. The molecule has 3 fully saturated rings. The van der Waals surface area contributed by atoms with Gasteiger partial charge in [-0.25, -0.2) is 9.18 Å². The number of hydrogen-bond acceptors (Lipinski definition) is 2. The molecule has 4 rings (SSSR count). The Bertz CT molecular complexity index is 640. The number of piperazine rings is 1. The monoisotopic (exact) mass is 331 g/mol. The van der Waals surface area contributed by atoms with Gasteiger partial charge in [0.05, 0.1) is 6.04 Å². The van der Waals surface area contributed by atoms with E-state index >= 15 is 0 Å². The Labute approximate surface area is 140 Å². The summed E-state index contributed by atoms with van der Waals surface area (Å²) in [7, 11) is 0. The molecule has 6 heteroatoms. The number of halogens is 1. The summed E-state index contributed by atoms with van der Waals surface area (Å²) in [6.45, 7) is 1.36. The lowest BCUT2D eigenvalue weighted by Gasteiger charge is -2.35. The predicted octanol–water partition coefficient (Wildman–Crippen LogP) is 2.29. The minimum absolute atomic E-state index is 0.0451. The second kappa shape index (κ2) is 6.07. The van der Waals surface area contributed by atoms with Crippen molar-refractivity contribution in [3.63, 3.8) is 0 Å². The number of benzene rings is 1. The Morgan fingerprint density at radius 3 is 2.42 bits per heavy atom. The van der Waals surface area contributed by atoms with Crippen molar-refractivity contribution in [3.8, 4) is 0 Å². The Morgan fingerprint density at radius 2 is 1.83 bits per heavy atom. The van der Waals surface area contributed by atoms with E-state index in [0.717, 1.165) is 31.2 Å². The van der Waals surface area contributed by atoms with Crippen molar-refractivity contribution in [2.45, 2.75) is 37.8 Å². The van der Waals surface area contributed by atoms with Gasteiger partial charge in [-0.3, -0.25) is 4.79 Å². The van der Waals surface area contributed by atoms with E-state index in [-0.39, 0.29) is 30.3 Å². The van der Waals surface area contributed by atoms with Crippen LogP contribution < -0.4 is 5.32 Å². The standard InChI is InChI=1S/C18H22FN3O2/c19-14-5-3-13(4-6-14)17(12-1-2-12)20-18(24)21-9-10-22(15-7-8-15)16(23)11-21/h3-6,12,15,17H,1-2,7-11H2,(H,20,24)/t17-/m0/s1. The van der Waals surface area contributed by atoms with Crippen LogP contribution in [0.15, 0.2) is 24.3 Å². The summed E-state index contributed by atoms with van der Waals surface area (Å²) in [6.07, 6.45) is 4.31. The van der Waals surface area contributed by atoms with E-state index in [9.17, 15) is 14.0 Å². The molecule has 3 aliphatic rings. The van der Waals surface area contributed by atoms with E-state index in [0.29, 0.717) is 25.0 Å². The van der Waals surface area contributed by atoms with Gasteiger partial charge in [0.1, 0.15) is 12.4 Å². The molecule has 0 unspecified atom stereocenters. The first-order chi connectivity index (χ1) is 11.6. The molecule has 128 valence electrons. The molecule has 0 aromatic heterocycles. The maximum Gasteiger partial charge on any atom is 0.318 e. The normalized spacial score (nSPS) is 22.5. The van der Waals surface area contributed by atoms with E-state index < -0.39 is 0 Å². The lowest BCUT2D eigenvalue weighted by Crippen LogP contribution is -2.55. The minimum Gasteiger partial charge on any atom is -0.336 e. The van der Waals surface area contributed by atoms with Crippen LogP contribution in [0, 0.1) is 11.7 Å². The van der Waals surface area contributed by atoms with Crippen molar-refractivity contribution in [1.82, 2.24) is 15.1 Å². The van der Waals surface area contributed by atoms with Crippen molar-refractivity contribution < 1.29 is 14.0 Å². The average Bonchev–Trinajstić information content (AvgIpc) is 3.47. The molecule has 1 aromatic rings. The molecule has 2 saturated carbocycles. The van der Waals surface area contributed by atoms with Gasteiger partial charge in [-0.1, -0.05) is 12.1 Å². The fourth-order valence-corrected chi connectivity index (χ4v) is 3.43. The van der Waals surface area contributed by atoms with Crippen LogP contribution in [0.3, 0.4) is 0 Å². The summed E-state index contributed by atoms with van der Waals surface area (Å²) in [5, 5.41) is 3.06. The zero-order valence-corrected chi connectivity index (χ0v) is 13.6. The van der Waals surface area contributed by atoms with Crippen molar-refractivity contribution in [1.29, 1.82) is 0 Å². The van der Waals surface area contributed by atoms with Crippen LogP contribution in [0.5, 0.6) is 0 Å². The number of nitrogens with zero attached hydrogens (tertiary/aromatic N) is 2. The Morgan fingerprint density at radius 1 is 1.12 bits per heavy atom. The van der Waals surface area contributed by atoms with E-state index in [1.54, 1.807) is 17.0 Å². The number of carbonyl (C=O) groups is 2. The van der Waals surface area contributed by atoms with Crippen molar-refractivity contribution in [3.05, 3.63) is 35.6 Å². The van der Waals surface area contributed by atoms with Gasteiger partial charge in [0.25, 0.3) is 0 Å². The van der Waals surface area contributed by atoms with Crippen molar-refractivity contribution >= 4 is 11.9 Å². The highest BCUT2D eigenvalue weighted by molar-refractivity contribution is 5.85. The third kappa shape index (κ3) is 3.23. The third-order valence-electron chi connectivity index (χ3n) is 5.13. The Hall–Kier alpha value is -2.11. The molecule has 0 spiro atoms. The maximum atomic E-state index is 13.1. The number of urea groups is 1. The molecule has 0 bridgehead atoms. The first-order valence-corrected chi connectivity index (χ1v) is 8.72. The lowest BCUT2D eigenvalue weighted by molar-refractivity contribution is -0.135. The molecule has 3 amide bonds. The number of nitrogens with one attached hydrogen (secondary N) is 1. The summed E-state index contributed by atoms with van der Waals surface area (Å²) in [4.78, 5) is 28.3. The topological polar surface area (TPSA) is 52.7 Å². The summed E-state index contributed by atoms with van der Waals surface area (Å²) in [5.41, 5.74) is 0.926. The zero-order valence-electron chi connectivity index (χ0n) is 13.6. The van der Waals surface area contributed by atoms with Gasteiger partial charge in [-0.2, -0.15) is 0 Å². The SMILES string of the molecule is O=C(N[C@H](c1ccc(F)cc1)C1CC1)N1CCN(C2CC2)C(=O)C1. The van der Waals surface area contributed by atoms with Crippen molar-refractivity contribution in [2.24, 2.45) is 5.92 Å². The van der Waals surface area contributed by atoms with Gasteiger partial charge >= 0.3 is 6.03 Å². The van der Waals surface area contributed by atoms with E-state index in [1.807, 2.05) is 4.90 Å². The first-order valence-electron chi connectivity index (χ1n) is 8.72. The summed E-state index contributed by atoms with van der Waals surface area (Å²) >= 11 is 0. The second-order valence-electron chi connectivity index (χ2n) is 7.06. The highest BCUT2D eigenvalue weighted by Crippen LogP contribution is 2.41. The number of hydrogen-bond donors (Lipinski definition) is 1. The Kier molecular flexibility index (Phi) is 3.90. The van der Waals surface area contributed by atoms with Crippen molar-refractivity contribution in [2.75, 3.05) is 19.6 Å². The second-order valence-corrected chi connectivity index (χ2v) is 7.06. The largest absolute Gasteiger partial charge is 0.336 e. The number of amides is 3. The van der Waals surface area contributed by atoms with Crippen LogP contribution in [0.4, 0.5) is 9.18 Å². The van der Waals surface area contributed by atoms with Gasteiger partial charge in [0.15, 0.2) is 0 Å². The molecule has 5 nitrogen and oxygen atoms in total. The predicted molar refractivity (Wildman–Crippen MR) is 86.7 cm³/mol. The fourth-order valence-electron chi connectivity index (χ4n) is 3.43. The third-order valence-corrected chi connectivity index (χ3v) is 5.13. The van der Waals surface area contributed by atoms with E-state index in [1.165, 1.54) is 12.1 Å². The van der Waals surface area contributed by atoms with Crippen LogP contribution in [0.1, 0.15) is 37.3 Å². The number of rotatable bonds is 4. The minimum atomic E-state index is -0.276. The summed E-state index contributed by atoms with van der Waals surface area (Å²) in [5.74, 6) is 0.174. The van der Waals surface area contributed by atoms with Crippen LogP contribution in [-0.2, 0) is 4.79 Å². The molecule has 1 aromatic carbocycles. The maximum absolute atomic E-state index is 13.1. The summed E-state index contributed by atoms with van der Waals surface area (Å²) < 4.78 is 13.1. The molecular weight excluding hydrogens is 309 g/mol. The molecule has 1 atom stereocenters. The van der Waals surface area contributed by atoms with Gasteiger partial charge in [0, 0.05) is 19.1 Å². The van der Waals surface area contributed by atoms with E-state index in [2.05, 4.69) is 5.32 Å². The van der Waals surface area contributed by atoms with Gasteiger partial charge in [-0.15, -0.1) is 0 Å². The fraction of sp³-hybridized carbons (Fsp3) is 0.556. The molecular formula is C18H22FN3O2. The highest BCUT2D eigenvalue weighted by Gasteiger charge is 2.38. The van der Waals surface area contributed by atoms with Crippen LogP contribution in [0.2, 0.25) is 0 Å². The van der Waals surface area contributed by atoms with Crippen LogP contribution in [0.25, 0.3) is 0 Å². The average molecular weight is 331 g/mol. The van der Waals surface area contributed by atoms with Gasteiger partial charge in [0.2, 0.25) is 5.91 Å². The highest BCUT2D eigenvalue weighted by atomic mass is 19.1. The Balaban J connectivity index is 1.40. The molecule has 1 heterocycles. The van der Waals surface area contributed by atoms with Gasteiger partial charge < -0.3 is 15.1 Å². The molecule has 2 aliphatic carbocycles. The number of carbonyl (C=O) groups excluding carboxylic acids is 2. The van der Waals surface area contributed by atoms with Crippen LogP contribution in [-0.4, -0.2) is 47.4 Å². The smallest absolute Gasteiger partial charge is 0.318 e. The molecule has 1 aliphatic heterocycles. The molecule has 24 heavy (non-hydrogen) atoms. The van der Waals surface area contributed by atoms with E-state index in [4.69, 9.17) is 0 Å². The van der Waals surface area contributed by atoms with Crippen LogP contribution >= 0.6 is 0 Å². The lowest BCUT2D eigenvalue weighted by atomic mass is 10.0. The quantitative estimate of drug-likeness (QED) is 0.920. The zero-order chi connectivity index (χ0) is 16.7.